The van der Waals surface area contributed by atoms with Crippen molar-refractivity contribution >= 4 is 20.0 Å². The molecule has 2 rings (SSSR count). The summed E-state index contributed by atoms with van der Waals surface area (Å²) in [6.07, 6.45) is 0. The van der Waals surface area contributed by atoms with Crippen LogP contribution in [0, 0.1) is 6.92 Å². The molecule has 2 aromatic carbocycles. The van der Waals surface area contributed by atoms with Gasteiger partial charge < -0.3 is 4.74 Å². The normalized spacial score (nSPS) is 12.1. The summed E-state index contributed by atoms with van der Waals surface area (Å²) < 4.78 is 58.2. The topological polar surface area (TPSA) is 102 Å². The molecule has 0 aliphatic heterocycles. The second kappa shape index (κ2) is 8.17. The van der Waals surface area contributed by atoms with E-state index in [-0.39, 0.29) is 17.2 Å². The third kappa shape index (κ3) is 5.28. The van der Waals surface area contributed by atoms with Crippen molar-refractivity contribution < 1.29 is 21.6 Å². The quantitative estimate of drug-likeness (QED) is 0.702. The minimum Gasteiger partial charge on any atom is -0.497 e. The third-order valence-corrected chi connectivity index (χ3v) is 6.69. The molecule has 0 unspecified atom stereocenters. The van der Waals surface area contributed by atoms with Crippen molar-refractivity contribution in [2.45, 2.75) is 24.1 Å². The second-order valence-corrected chi connectivity index (χ2v) is 9.40. The lowest BCUT2D eigenvalue weighted by Gasteiger charge is -2.11. The number of hydrogen-bond donors (Lipinski definition) is 2. The van der Waals surface area contributed by atoms with E-state index in [4.69, 9.17) is 4.74 Å². The molecule has 0 amide bonds. The van der Waals surface area contributed by atoms with Gasteiger partial charge in [-0.2, -0.15) is 0 Å². The van der Waals surface area contributed by atoms with Gasteiger partial charge in [0.05, 0.1) is 17.8 Å². The first-order chi connectivity index (χ1) is 12.2. The zero-order valence-electron chi connectivity index (χ0n) is 14.8. The fraction of sp³-hybridized carbons (Fsp3) is 0.294. The first-order valence-electron chi connectivity index (χ1n) is 7.80. The first-order valence-corrected chi connectivity index (χ1v) is 10.9. The molecule has 2 aromatic rings. The van der Waals surface area contributed by atoms with E-state index in [0.29, 0.717) is 22.4 Å². The van der Waals surface area contributed by atoms with Crippen LogP contribution < -0.4 is 14.2 Å². The van der Waals surface area contributed by atoms with Gasteiger partial charge in [-0.15, -0.1) is 0 Å². The fourth-order valence-corrected chi connectivity index (χ4v) is 4.43. The second-order valence-electron chi connectivity index (χ2n) is 5.74. The lowest BCUT2D eigenvalue weighted by molar-refractivity contribution is 0.414. The number of methoxy groups -OCH3 is 1. The maximum Gasteiger partial charge on any atom is 0.241 e. The summed E-state index contributed by atoms with van der Waals surface area (Å²) in [5, 5.41) is 0. The van der Waals surface area contributed by atoms with Gasteiger partial charge in [0, 0.05) is 6.54 Å². The Morgan fingerprint density at radius 2 is 1.69 bits per heavy atom. The SMILES string of the molecule is CNS(=O)(=O)Cc1cccc(CNS(=O)(=O)c2ccc(OC)cc2C)c1. The minimum atomic E-state index is -3.70. The van der Waals surface area contributed by atoms with Gasteiger partial charge in [0.15, 0.2) is 0 Å². The van der Waals surface area contributed by atoms with E-state index in [9.17, 15) is 16.8 Å². The number of ether oxygens (including phenoxy) is 1. The van der Waals surface area contributed by atoms with Gasteiger partial charge in [0.25, 0.3) is 0 Å². The Hall–Kier alpha value is -1.94. The zero-order chi connectivity index (χ0) is 19.4. The molecular weight excluding hydrogens is 376 g/mol. The fourth-order valence-electron chi connectivity index (χ4n) is 2.43. The smallest absolute Gasteiger partial charge is 0.241 e. The number of sulfonamides is 2. The molecule has 0 saturated carbocycles. The highest BCUT2D eigenvalue weighted by atomic mass is 32.2. The minimum absolute atomic E-state index is 0.0568. The van der Waals surface area contributed by atoms with Gasteiger partial charge in [-0.1, -0.05) is 24.3 Å². The number of rotatable bonds is 8. The van der Waals surface area contributed by atoms with E-state index in [1.54, 1.807) is 43.3 Å². The average molecular weight is 399 g/mol. The molecule has 0 aliphatic carbocycles. The Balaban J connectivity index is 2.15. The van der Waals surface area contributed by atoms with E-state index in [0.717, 1.165) is 0 Å². The predicted octanol–water partition coefficient (Wildman–Crippen LogP) is 1.53. The van der Waals surface area contributed by atoms with Gasteiger partial charge in [0.2, 0.25) is 20.0 Å². The molecule has 0 aromatic heterocycles. The molecule has 0 saturated heterocycles. The Kier molecular flexibility index (Phi) is 6.40. The van der Waals surface area contributed by atoms with Crippen LogP contribution in [0.5, 0.6) is 5.75 Å². The maximum absolute atomic E-state index is 12.5. The lowest BCUT2D eigenvalue weighted by atomic mass is 10.1. The third-order valence-electron chi connectivity index (χ3n) is 3.80. The molecule has 26 heavy (non-hydrogen) atoms. The van der Waals surface area contributed by atoms with Crippen LogP contribution in [0.25, 0.3) is 0 Å². The van der Waals surface area contributed by atoms with Crippen LogP contribution in [0.2, 0.25) is 0 Å². The van der Waals surface area contributed by atoms with Crippen molar-refractivity contribution in [1.29, 1.82) is 0 Å². The van der Waals surface area contributed by atoms with Gasteiger partial charge in [-0.25, -0.2) is 26.3 Å². The Morgan fingerprint density at radius 3 is 2.31 bits per heavy atom. The van der Waals surface area contributed by atoms with Gasteiger partial charge in [-0.3, -0.25) is 0 Å². The largest absolute Gasteiger partial charge is 0.497 e. The van der Waals surface area contributed by atoms with Crippen molar-refractivity contribution in [1.82, 2.24) is 9.44 Å². The molecule has 2 N–H and O–H groups in total. The molecule has 0 fully saturated rings. The van der Waals surface area contributed by atoms with Crippen molar-refractivity contribution in [3.8, 4) is 5.75 Å². The predicted molar refractivity (Wildman–Crippen MR) is 99.9 cm³/mol. The molecule has 7 nitrogen and oxygen atoms in total. The van der Waals surface area contributed by atoms with Crippen LogP contribution in [0.15, 0.2) is 47.4 Å². The molecule has 0 atom stereocenters. The first kappa shape index (κ1) is 20.4. The summed E-state index contributed by atoms with van der Waals surface area (Å²) in [6.45, 7) is 1.75. The number of hydrogen-bond acceptors (Lipinski definition) is 5. The Morgan fingerprint density at radius 1 is 1.00 bits per heavy atom. The molecule has 9 heteroatoms. The molecule has 0 spiro atoms. The standard InChI is InChI=1S/C17H22N2O5S2/c1-13-9-16(24-3)7-8-17(13)26(22,23)19-11-14-5-4-6-15(10-14)12-25(20,21)18-2/h4-10,18-19H,11-12H2,1-3H3. The monoisotopic (exact) mass is 398 g/mol. The summed E-state index contributed by atoms with van der Waals surface area (Å²) in [5.41, 5.74) is 1.82. The molecule has 0 heterocycles. The number of benzene rings is 2. The zero-order valence-corrected chi connectivity index (χ0v) is 16.4. The van der Waals surface area contributed by atoms with Crippen LogP contribution in [0.1, 0.15) is 16.7 Å². The van der Waals surface area contributed by atoms with Crippen LogP contribution in [0.3, 0.4) is 0 Å². The highest BCUT2D eigenvalue weighted by molar-refractivity contribution is 7.89. The molecule has 0 aliphatic rings. The summed E-state index contributed by atoms with van der Waals surface area (Å²) in [6, 6.07) is 11.5. The summed E-state index contributed by atoms with van der Waals surface area (Å²) in [5.74, 6) is 0.418. The van der Waals surface area contributed by atoms with Crippen molar-refractivity contribution in [3.63, 3.8) is 0 Å². The van der Waals surface area contributed by atoms with Crippen LogP contribution >= 0.6 is 0 Å². The van der Waals surface area contributed by atoms with Crippen LogP contribution in [-0.2, 0) is 32.3 Å². The molecule has 142 valence electrons. The highest BCUT2D eigenvalue weighted by Gasteiger charge is 2.17. The van der Waals surface area contributed by atoms with Crippen molar-refractivity contribution in [3.05, 3.63) is 59.2 Å². The lowest BCUT2D eigenvalue weighted by Crippen LogP contribution is -2.24. The van der Waals surface area contributed by atoms with Crippen molar-refractivity contribution in [2.24, 2.45) is 0 Å². The van der Waals surface area contributed by atoms with Gasteiger partial charge in [0.1, 0.15) is 5.75 Å². The van der Waals surface area contributed by atoms with E-state index in [1.807, 2.05) is 0 Å². The van der Waals surface area contributed by atoms with Crippen molar-refractivity contribution in [2.75, 3.05) is 14.2 Å². The number of nitrogens with one attached hydrogen (secondary N) is 2. The molecule has 0 radical (unpaired) electrons. The van der Waals surface area contributed by atoms with E-state index < -0.39 is 20.0 Å². The van der Waals surface area contributed by atoms with E-state index >= 15 is 0 Å². The molecular formula is C17H22N2O5S2. The highest BCUT2D eigenvalue weighted by Crippen LogP contribution is 2.21. The van der Waals surface area contributed by atoms with Gasteiger partial charge in [-0.05, 0) is 48.9 Å². The van der Waals surface area contributed by atoms with Crippen LogP contribution in [-0.4, -0.2) is 31.0 Å². The summed E-state index contributed by atoms with van der Waals surface area (Å²) >= 11 is 0. The number of aryl methyl sites for hydroxylation is 1. The van der Waals surface area contributed by atoms with E-state index in [2.05, 4.69) is 9.44 Å². The molecule has 0 bridgehead atoms. The van der Waals surface area contributed by atoms with Gasteiger partial charge >= 0.3 is 0 Å². The maximum atomic E-state index is 12.5. The van der Waals surface area contributed by atoms with Crippen LogP contribution in [0.4, 0.5) is 0 Å². The Labute approximate surface area is 154 Å². The summed E-state index contributed by atoms with van der Waals surface area (Å²) in [4.78, 5) is 0.173. The van der Waals surface area contributed by atoms with E-state index in [1.165, 1.54) is 20.2 Å². The Bertz CT molecular complexity index is 986. The average Bonchev–Trinajstić information content (AvgIpc) is 2.59. The summed E-state index contributed by atoms with van der Waals surface area (Å²) in [7, 11) is -4.22.